The lowest BCUT2D eigenvalue weighted by Crippen LogP contribution is -2.40. The van der Waals surface area contributed by atoms with Crippen LogP contribution in [0.25, 0.3) is 0 Å². The molecule has 0 unspecified atom stereocenters. The van der Waals surface area contributed by atoms with E-state index in [1.165, 1.54) is 6.21 Å². The van der Waals surface area contributed by atoms with Gasteiger partial charge in [0.2, 0.25) is 0 Å². The summed E-state index contributed by atoms with van der Waals surface area (Å²) in [4.78, 5) is 25.5. The number of hydrazone groups is 1. The molecule has 1 N–H and O–H groups in total. The Kier molecular flexibility index (Phi) is 2.65. The maximum absolute atomic E-state index is 12.8. The van der Waals surface area contributed by atoms with Crippen LogP contribution >= 0.6 is 0 Å². The third kappa shape index (κ3) is 1.72. The van der Waals surface area contributed by atoms with Gasteiger partial charge >= 0.3 is 0 Å². The van der Waals surface area contributed by atoms with E-state index in [1.54, 1.807) is 18.2 Å². The normalized spacial score (nSPS) is 38.8. The smallest absolute Gasteiger partial charge is 0.254 e. The fourth-order valence-corrected chi connectivity index (χ4v) is 4.95. The average Bonchev–Trinajstić information content (AvgIpc) is 3.35. The summed E-state index contributed by atoms with van der Waals surface area (Å²) < 4.78 is 0. The second-order valence-electron chi connectivity index (χ2n) is 7.45. The van der Waals surface area contributed by atoms with Crippen molar-refractivity contribution in [1.29, 1.82) is 0 Å². The van der Waals surface area contributed by atoms with Gasteiger partial charge in [-0.2, -0.15) is 10.1 Å². The lowest BCUT2D eigenvalue weighted by Gasteiger charge is -2.37. The van der Waals surface area contributed by atoms with E-state index in [4.69, 9.17) is 0 Å². The molecule has 5 aliphatic rings. The van der Waals surface area contributed by atoms with Gasteiger partial charge in [0.15, 0.2) is 0 Å². The number of aryl methyl sites for hydroxylation is 1. The summed E-state index contributed by atoms with van der Waals surface area (Å²) in [5, 5.41) is 15.1. The summed E-state index contributed by atoms with van der Waals surface area (Å²) >= 11 is 0. The van der Waals surface area contributed by atoms with Gasteiger partial charge in [-0.05, 0) is 49.1 Å². The Morgan fingerprint density at radius 1 is 1.12 bits per heavy atom. The third-order valence-corrected chi connectivity index (χ3v) is 6.13. The summed E-state index contributed by atoms with van der Waals surface area (Å²) in [6, 6.07) is 5.15. The van der Waals surface area contributed by atoms with Crippen molar-refractivity contribution >= 4 is 18.0 Å². The van der Waals surface area contributed by atoms with Crippen molar-refractivity contribution in [3.05, 3.63) is 41.5 Å². The van der Waals surface area contributed by atoms with Crippen LogP contribution in [0, 0.1) is 42.4 Å². The largest absolute Gasteiger partial charge is 0.507 e. The number of hydrogen-bond acceptors (Lipinski definition) is 4. The van der Waals surface area contributed by atoms with Crippen molar-refractivity contribution in [3.63, 3.8) is 0 Å². The van der Waals surface area contributed by atoms with Crippen LogP contribution in [0.15, 0.2) is 35.5 Å². The van der Waals surface area contributed by atoms with E-state index in [0.29, 0.717) is 17.4 Å². The maximum atomic E-state index is 12.8. The molecule has 5 nitrogen and oxygen atoms in total. The lowest BCUT2D eigenvalue weighted by molar-refractivity contribution is -0.140. The Bertz CT molecular complexity index is 792. The minimum atomic E-state index is -0.237. The maximum Gasteiger partial charge on any atom is 0.254 e. The number of benzene rings is 1. The minimum absolute atomic E-state index is 0.0869. The zero-order valence-corrected chi connectivity index (χ0v) is 13.3. The molecule has 3 fully saturated rings. The van der Waals surface area contributed by atoms with Crippen molar-refractivity contribution in [2.24, 2.45) is 40.6 Å². The molecule has 122 valence electrons. The minimum Gasteiger partial charge on any atom is -0.507 e. The van der Waals surface area contributed by atoms with Gasteiger partial charge in [0.1, 0.15) is 5.75 Å². The Morgan fingerprint density at radius 3 is 2.38 bits per heavy atom. The molecule has 6 atom stereocenters. The van der Waals surface area contributed by atoms with E-state index in [0.717, 1.165) is 17.0 Å². The molecule has 6 rings (SSSR count). The zero-order chi connectivity index (χ0) is 16.6. The first kappa shape index (κ1) is 14.0. The molecular formula is C19H18N2O3. The molecular weight excluding hydrogens is 304 g/mol. The molecule has 2 amide bonds. The summed E-state index contributed by atoms with van der Waals surface area (Å²) in [6.07, 6.45) is 6.84. The predicted octanol–water partition coefficient (Wildman–Crippen LogP) is 2.09. The van der Waals surface area contributed by atoms with E-state index in [-0.39, 0.29) is 41.2 Å². The fourth-order valence-electron chi connectivity index (χ4n) is 4.95. The first-order chi connectivity index (χ1) is 11.6. The van der Waals surface area contributed by atoms with Gasteiger partial charge in [-0.25, -0.2) is 0 Å². The third-order valence-electron chi connectivity index (χ3n) is 6.13. The van der Waals surface area contributed by atoms with Crippen LogP contribution in [0.4, 0.5) is 0 Å². The number of phenols is 1. The molecule has 24 heavy (non-hydrogen) atoms. The first-order valence-electron chi connectivity index (χ1n) is 8.46. The van der Waals surface area contributed by atoms with Crippen molar-refractivity contribution in [1.82, 2.24) is 5.01 Å². The molecule has 1 aromatic rings. The summed E-state index contributed by atoms with van der Waals surface area (Å²) in [6.45, 7) is 1.91. The number of phenolic OH excluding ortho intramolecular Hbond substituents is 1. The van der Waals surface area contributed by atoms with Gasteiger partial charge in [0.25, 0.3) is 11.8 Å². The predicted molar refractivity (Wildman–Crippen MR) is 87.0 cm³/mol. The number of amides is 2. The van der Waals surface area contributed by atoms with Crippen LogP contribution in [-0.2, 0) is 9.59 Å². The molecule has 1 heterocycles. The van der Waals surface area contributed by atoms with Gasteiger partial charge in [0, 0.05) is 5.56 Å². The molecule has 1 aromatic carbocycles. The molecule has 0 aromatic heterocycles. The summed E-state index contributed by atoms with van der Waals surface area (Å²) in [7, 11) is 0. The number of imide groups is 1. The number of rotatable bonds is 2. The Labute approximate surface area is 139 Å². The van der Waals surface area contributed by atoms with E-state index in [9.17, 15) is 14.7 Å². The SMILES string of the molecule is Cc1ccc(O)c(/C=N\N2C(=O)[C@@H]3[C@H]4C=C[C@@H]([C@@H]5C[C@H]45)[C@H]3C2=O)c1. The van der Waals surface area contributed by atoms with Gasteiger partial charge < -0.3 is 5.11 Å². The standard InChI is InChI=1S/C19H18N2O3/c1-9-2-5-15(22)10(6-9)8-20-21-18(23)16-11-3-4-12(14-7-13(11)14)17(16)19(21)24/h2-6,8,11-14,16-17,22H,7H2,1H3/b20-8-/t11-,12-,13-,14+,16+,17+/m0/s1. The number of aromatic hydroxyl groups is 1. The van der Waals surface area contributed by atoms with Crippen LogP contribution in [-0.4, -0.2) is 28.1 Å². The Balaban J connectivity index is 1.46. The van der Waals surface area contributed by atoms with E-state index in [1.807, 2.05) is 6.92 Å². The number of carbonyl (C=O) groups is 2. The molecule has 2 bridgehead atoms. The second kappa shape index (κ2) is 4.56. The number of carbonyl (C=O) groups excluding carboxylic acids is 2. The van der Waals surface area contributed by atoms with Gasteiger partial charge in [-0.3, -0.25) is 9.59 Å². The highest BCUT2D eigenvalue weighted by Crippen LogP contribution is 2.65. The first-order valence-corrected chi connectivity index (χ1v) is 8.46. The molecule has 1 aliphatic heterocycles. The average molecular weight is 322 g/mol. The van der Waals surface area contributed by atoms with Crippen molar-refractivity contribution in [3.8, 4) is 5.75 Å². The summed E-state index contributed by atoms with van der Waals surface area (Å²) in [5.41, 5.74) is 1.48. The highest BCUT2D eigenvalue weighted by molar-refractivity contribution is 6.06. The van der Waals surface area contributed by atoms with E-state index in [2.05, 4.69) is 17.3 Å². The molecule has 4 aliphatic carbocycles. The van der Waals surface area contributed by atoms with Gasteiger partial charge in [-0.1, -0.05) is 23.8 Å². The number of allylic oxidation sites excluding steroid dienone is 2. The lowest BCUT2D eigenvalue weighted by atomic mass is 9.63. The van der Waals surface area contributed by atoms with Crippen LogP contribution < -0.4 is 0 Å². The molecule has 2 saturated carbocycles. The topological polar surface area (TPSA) is 70.0 Å². The van der Waals surface area contributed by atoms with Crippen molar-refractivity contribution in [2.45, 2.75) is 13.3 Å². The quantitative estimate of drug-likeness (QED) is 0.515. The summed E-state index contributed by atoms with van der Waals surface area (Å²) in [5.74, 6) is 0.826. The van der Waals surface area contributed by atoms with E-state index < -0.39 is 0 Å². The number of hydrogen-bond donors (Lipinski definition) is 1. The Morgan fingerprint density at radius 2 is 1.75 bits per heavy atom. The molecule has 5 heteroatoms. The monoisotopic (exact) mass is 322 g/mol. The number of nitrogens with zero attached hydrogens (tertiary/aromatic N) is 2. The Hall–Kier alpha value is -2.43. The molecule has 1 saturated heterocycles. The highest BCUT2D eigenvalue weighted by atomic mass is 16.3. The van der Waals surface area contributed by atoms with Gasteiger partial charge in [-0.15, -0.1) is 0 Å². The van der Waals surface area contributed by atoms with Crippen LogP contribution in [0.3, 0.4) is 0 Å². The van der Waals surface area contributed by atoms with Crippen LogP contribution in [0.5, 0.6) is 5.75 Å². The van der Waals surface area contributed by atoms with Crippen molar-refractivity contribution in [2.75, 3.05) is 0 Å². The van der Waals surface area contributed by atoms with E-state index >= 15 is 0 Å². The second-order valence-corrected chi connectivity index (χ2v) is 7.45. The van der Waals surface area contributed by atoms with Crippen LogP contribution in [0.1, 0.15) is 17.5 Å². The zero-order valence-electron chi connectivity index (χ0n) is 13.3. The van der Waals surface area contributed by atoms with Crippen molar-refractivity contribution < 1.29 is 14.7 Å². The fraction of sp³-hybridized carbons (Fsp3) is 0.421. The molecule has 0 radical (unpaired) electrons. The highest BCUT2D eigenvalue weighted by Gasteiger charge is 2.67. The van der Waals surface area contributed by atoms with Gasteiger partial charge in [0.05, 0.1) is 18.1 Å². The van der Waals surface area contributed by atoms with Crippen LogP contribution in [0.2, 0.25) is 0 Å². The molecule has 0 spiro atoms.